The molecule has 1 heterocycles. The number of hydrogen-bond acceptors (Lipinski definition) is 3. The molecule has 0 aromatic heterocycles. The van der Waals surface area contributed by atoms with Crippen LogP contribution in [0, 0.1) is 12.8 Å². The number of fused-ring (bicyclic) bond motifs is 1. The molecule has 0 radical (unpaired) electrons. The summed E-state index contributed by atoms with van der Waals surface area (Å²) in [4.78, 5) is 14.3. The van der Waals surface area contributed by atoms with Gasteiger partial charge in [-0.1, -0.05) is 17.7 Å². The lowest BCUT2D eigenvalue weighted by atomic mass is 10.2. The molecule has 1 fully saturated rings. The fraction of sp³-hybridized carbons (Fsp3) is 0.316. The van der Waals surface area contributed by atoms with Gasteiger partial charge in [-0.05, 0) is 67.6 Å². The van der Waals surface area contributed by atoms with Crippen LogP contribution < -0.4 is 9.62 Å². The first-order valence-electron chi connectivity index (χ1n) is 8.59. The minimum atomic E-state index is -3.73. The van der Waals surface area contributed by atoms with Crippen LogP contribution in [0.5, 0.6) is 0 Å². The van der Waals surface area contributed by atoms with Crippen molar-refractivity contribution in [1.82, 2.24) is 0 Å². The van der Waals surface area contributed by atoms with Gasteiger partial charge < -0.3 is 4.90 Å². The average molecular weight is 391 g/mol. The van der Waals surface area contributed by atoms with Crippen molar-refractivity contribution >= 4 is 38.9 Å². The second-order valence-corrected chi connectivity index (χ2v) is 8.91. The number of halogens is 1. The third-order valence-electron chi connectivity index (χ3n) is 4.96. The highest BCUT2D eigenvalue weighted by Gasteiger charge is 2.36. The molecule has 26 heavy (non-hydrogen) atoms. The highest BCUT2D eigenvalue weighted by molar-refractivity contribution is 7.92. The topological polar surface area (TPSA) is 66.5 Å². The van der Waals surface area contributed by atoms with Crippen molar-refractivity contribution in [3.05, 3.63) is 52.5 Å². The number of hydrogen-bond donors (Lipinski definition) is 1. The fourth-order valence-electron chi connectivity index (χ4n) is 3.25. The van der Waals surface area contributed by atoms with Gasteiger partial charge in [0.05, 0.1) is 10.6 Å². The van der Waals surface area contributed by atoms with E-state index in [0.29, 0.717) is 29.2 Å². The van der Waals surface area contributed by atoms with Crippen LogP contribution in [0.25, 0.3) is 0 Å². The minimum Gasteiger partial charge on any atom is -0.312 e. The number of sulfonamides is 1. The number of rotatable bonds is 4. The van der Waals surface area contributed by atoms with Gasteiger partial charge in [0.1, 0.15) is 0 Å². The maximum Gasteiger partial charge on any atom is 0.261 e. The molecule has 7 heteroatoms. The van der Waals surface area contributed by atoms with E-state index in [-0.39, 0.29) is 16.7 Å². The first kappa shape index (κ1) is 17.4. The van der Waals surface area contributed by atoms with Crippen LogP contribution in [0.15, 0.2) is 41.3 Å². The summed E-state index contributed by atoms with van der Waals surface area (Å²) in [6, 6.07) is 10.1. The Kier molecular flexibility index (Phi) is 4.20. The zero-order valence-corrected chi connectivity index (χ0v) is 15.9. The number of carbonyl (C=O) groups is 1. The Balaban J connectivity index is 1.62. The Bertz CT molecular complexity index is 1000. The predicted molar refractivity (Wildman–Crippen MR) is 102 cm³/mol. The van der Waals surface area contributed by atoms with E-state index >= 15 is 0 Å². The first-order chi connectivity index (χ1) is 12.4. The van der Waals surface area contributed by atoms with E-state index in [0.717, 1.165) is 24.1 Å². The lowest BCUT2D eigenvalue weighted by molar-refractivity contribution is -0.119. The van der Waals surface area contributed by atoms with E-state index in [4.69, 9.17) is 11.6 Å². The lowest BCUT2D eigenvalue weighted by Gasteiger charge is -2.17. The fourth-order valence-corrected chi connectivity index (χ4v) is 4.59. The molecule has 0 saturated heterocycles. The molecular formula is C19H19ClN2O3S. The Morgan fingerprint density at radius 2 is 2.00 bits per heavy atom. The molecule has 4 rings (SSSR count). The molecule has 5 nitrogen and oxygen atoms in total. The standard InChI is InChI=1S/C19H19ClN2O3S/c1-12-16(20)3-2-4-17(12)21-26(24,25)15-7-8-18-14(11-15)9-10-22(18)19(23)13-5-6-13/h2-4,7-8,11,13,21H,5-6,9-10H2,1H3. The number of amides is 1. The Morgan fingerprint density at radius 3 is 2.73 bits per heavy atom. The minimum absolute atomic E-state index is 0.150. The van der Waals surface area contributed by atoms with Crippen molar-refractivity contribution in [3.63, 3.8) is 0 Å². The molecule has 0 atom stereocenters. The normalized spacial score (nSPS) is 16.5. The molecule has 0 unspecified atom stereocenters. The second kappa shape index (κ2) is 6.28. The summed E-state index contributed by atoms with van der Waals surface area (Å²) in [5.74, 6) is 0.309. The Labute approximate surface area is 158 Å². The van der Waals surface area contributed by atoms with Gasteiger partial charge in [0, 0.05) is 23.2 Å². The SMILES string of the molecule is Cc1c(Cl)cccc1NS(=O)(=O)c1ccc2c(c1)CCN2C(=O)C1CC1. The number of benzene rings is 2. The van der Waals surface area contributed by atoms with Gasteiger partial charge in [0.15, 0.2) is 0 Å². The van der Waals surface area contributed by atoms with E-state index < -0.39 is 10.0 Å². The van der Waals surface area contributed by atoms with Crippen LogP contribution >= 0.6 is 11.6 Å². The van der Waals surface area contributed by atoms with Crippen LogP contribution in [-0.2, 0) is 21.2 Å². The maximum atomic E-state index is 12.8. The number of carbonyl (C=O) groups excluding carboxylic acids is 1. The van der Waals surface area contributed by atoms with Gasteiger partial charge in [0.2, 0.25) is 5.91 Å². The quantitative estimate of drug-likeness (QED) is 0.864. The van der Waals surface area contributed by atoms with Crippen molar-refractivity contribution in [3.8, 4) is 0 Å². The molecule has 1 amide bonds. The van der Waals surface area contributed by atoms with E-state index in [1.54, 1.807) is 48.2 Å². The summed E-state index contributed by atoms with van der Waals surface area (Å²) in [5, 5.41) is 0.508. The number of nitrogens with zero attached hydrogens (tertiary/aromatic N) is 1. The van der Waals surface area contributed by atoms with Crippen molar-refractivity contribution < 1.29 is 13.2 Å². The number of anilines is 2. The monoisotopic (exact) mass is 390 g/mol. The highest BCUT2D eigenvalue weighted by Crippen LogP contribution is 2.37. The third kappa shape index (κ3) is 3.08. The van der Waals surface area contributed by atoms with Crippen LogP contribution in [0.2, 0.25) is 5.02 Å². The summed E-state index contributed by atoms with van der Waals surface area (Å²) < 4.78 is 28.1. The third-order valence-corrected chi connectivity index (χ3v) is 6.73. The number of nitrogens with one attached hydrogen (secondary N) is 1. The summed E-state index contributed by atoms with van der Waals surface area (Å²) in [7, 11) is -3.73. The van der Waals surface area contributed by atoms with Crippen molar-refractivity contribution in [2.45, 2.75) is 31.1 Å². The van der Waals surface area contributed by atoms with Crippen molar-refractivity contribution in [1.29, 1.82) is 0 Å². The van der Waals surface area contributed by atoms with Crippen LogP contribution in [0.4, 0.5) is 11.4 Å². The van der Waals surface area contributed by atoms with Crippen molar-refractivity contribution in [2.24, 2.45) is 5.92 Å². The van der Waals surface area contributed by atoms with Gasteiger partial charge in [0.25, 0.3) is 10.0 Å². The van der Waals surface area contributed by atoms with Gasteiger partial charge in [-0.2, -0.15) is 0 Å². The largest absolute Gasteiger partial charge is 0.312 e. The molecule has 0 bridgehead atoms. The summed E-state index contributed by atoms with van der Waals surface area (Å²) in [5.41, 5.74) is 2.87. The van der Waals surface area contributed by atoms with Gasteiger partial charge in [-0.15, -0.1) is 0 Å². The van der Waals surface area contributed by atoms with Gasteiger partial charge in [-0.3, -0.25) is 9.52 Å². The molecule has 1 aliphatic carbocycles. The Morgan fingerprint density at radius 1 is 1.23 bits per heavy atom. The maximum absolute atomic E-state index is 12.8. The predicted octanol–water partition coefficient (Wildman–Crippen LogP) is 3.75. The lowest BCUT2D eigenvalue weighted by Crippen LogP contribution is -2.30. The zero-order chi connectivity index (χ0) is 18.5. The molecular weight excluding hydrogens is 372 g/mol. The van der Waals surface area contributed by atoms with Crippen LogP contribution in [0.1, 0.15) is 24.0 Å². The molecule has 2 aromatic carbocycles. The molecule has 1 saturated carbocycles. The van der Waals surface area contributed by atoms with Gasteiger partial charge in [-0.25, -0.2) is 8.42 Å². The summed E-state index contributed by atoms with van der Waals surface area (Å²) in [6.45, 7) is 2.39. The molecule has 1 aliphatic heterocycles. The van der Waals surface area contributed by atoms with E-state index in [2.05, 4.69) is 4.72 Å². The van der Waals surface area contributed by atoms with E-state index in [9.17, 15) is 13.2 Å². The summed E-state index contributed by atoms with van der Waals surface area (Å²) >= 11 is 6.07. The van der Waals surface area contributed by atoms with Gasteiger partial charge >= 0.3 is 0 Å². The zero-order valence-electron chi connectivity index (χ0n) is 14.3. The second-order valence-electron chi connectivity index (χ2n) is 6.82. The summed E-state index contributed by atoms with van der Waals surface area (Å²) in [6.07, 6.45) is 2.59. The first-order valence-corrected chi connectivity index (χ1v) is 10.5. The molecule has 1 N–H and O–H groups in total. The molecule has 2 aliphatic rings. The van der Waals surface area contributed by atoms with Crippen molar-refractivity contribution in [2.75, 3.05) is 16.2 Å². The highest BCUT2D eigenvalue weighted by atomic mass is 35.5. The molecule has 136 valence electrons. The molecule has 0 spiro atoms. The van der Waals surface area contributed by atoms with Crippen LogP contribution in [0.3, 0.4) is 0 Å². The van der Waals surface area contributed by atoms with E-state index in [1.165, 1.54) is 0 Å². The molecule has 2 aromatic rings. The van der Waals surface area contributed by atoms with E-state index in [1.807, 2.05) is 0 Å². The van der Waals surface area contributed by atoms with Crippen LogP contribution in [-0.4, -0.2) is 20.9 Å². The smallest absolute Gasteiger partial charge is 0.261 e. The average Bonchev–Trinajstić information content (AvgIpc) is 3.37. The Hall–Kier alpha value is -2.05.